The van der Waals surface area contributed by atoms with Crippen LogP contribution in [0.15, 0.2) is 36.4 Å². The Hall–Kier alpha value is -2.69. The zero-order valence-corrected chi connectivity index (χ0v) is 16.6. The van der Waals surface area contributed by atoms with Crippen LogP contribution in [0.5, 0.6) is 0 Å². The lowest BCUT2D eigenvalue weighted by molar-refractivity contribution is -0.125. The first-order valence-electron chi connectivity index (χ1n) is 10.1. The van der Waals surface area contributed by atoms with E-state index in [1.807, 2.05) is 49.1 Å². The van der Waals surface area contributed by atoms with Crippen molar-refractivity contribution in [3.05, 3.63) is 53.3 Å². The second-order valence-corrected chi connectivity index (χ2v) is 8.24. The summed E-state index contributed by atoms with van der Waals surface area (Å²) >= 11 is 0. The maximum atomic E-state index is 13.1. The SMILES string of the molecule is Cc1ccc(-c2cccc(C(=O)N3CCC4(CCC(=O)NC4)CC3)c2)c(C)n1. The summed E-state index contributed by atoms with van der Waals surface area (Å²) in [5, 5.41) is 3.00. The molecule has 28 heavy (non-hydrogen) atoms. The Bertz CT molecular complexity index is 902. The fraction of sp³-hybridized carbons (Fsp3) is 0.435. The molecule has 5 heteroatoms. The number of carbonyl (C=O) groups is 2. The zero-order valence-electron chi connectivity index (χ0n) is 16.6. The van der Waals surface area contributed by atoms with Crippen molar-refractivity contribution in [2.24, 2.45) is 5.41 Å². The molecule has 1 N–H and O–H groups in total. The van der Waals surface area contributed by atoms with E-state index >= 15 is 0 Å². The molecule has 3 heterocycles. The predicted molar refractivity (Wildman–Crippen MR) is 109 cm³/mol. The number of aryl methyl sites for hydroxylation is 2. The molecular formula is C23H27N3O2. The van der Waals surface area contributed by atoms with Gasteiger partial charge in [-0.05, 0) is 62.3 Å². The quantitative estimate of drug-likeness (QED) is 0.871. The van der Waals surface area contributed by atoms with Crippen LogP contribution in [0, 0.1) is 19.3 Å². The number of nitrogens with one attached hydrogen (secondary N) is 1. The molecule has 0 bridgehead atoms. The van der Waals surface area contributed by atoms with Crippen LogP contribution >= 0.6 is 0 Å². The minimum Gasteiger partial charge on any atom is -0.356 e. The number of pyridine rings is 1. The largest absolute Gasteiger partial charge is 0.356 e. The number of likely N-dealkylation sites (tertiary alicyclic amines) is 1. The van der Waals surface area contributed by atoms with Crippen LogP contribution in [0.3, 0.4) is 0 Å². The van der Waals surface area contributed by atoms with Crippen molar-refractivity contribution in [1.29, 1.82) is 0 Å². The lowest BCUT2D eigenvalue weighted by Gasteiger charge is -2.44. The van der Waals surface area contributed by atoms with Gasteiger partial charge < -0.3 is 10.2 Å². The molecule has 0 atom stereocenters. The monoisotopic (exact) mass is 377 g/mol. The van der Waals surface area contributed by atoms with Gasteiger partial charge in [-0.1, -0.05) is 18.2 Å². The van der Waals surface area contributed by atoms with E-state index in [4.69, 9.17) is 0 Å². The van der Waals surface area contributed by atoms with Gasteiger partial charge in [0.25, 0.3) is 5.91 Å². The highest BCUT2D eigenvalue weighted by Crippen LogP contribution is 2.38. The number of rotatable bonds is 2. The molecule has 0 aliphatic carbocycles. The number of amides is 2. The van der Waals surface area contributed by atoms with Gasteiger partial charge in [-0.25, -0.2) is 0 Å². The van der Waals surface area contributed by atoms with Crippen LogP contribution in [-0.4, -0.2) is 41.3 Å². The Labute approximate surface area is 166 Å². The summed E-state index contributed by atoms with van der Waals surface area (Å²) in [6.07, 6.45) is 3.47. The van der Waals surface area contributed by atoms with Crippen LogP contribution < -0.4 is 5.32 Å². The smallest absolute Gasteiger partial charge is 0.253 e. The summed E-state index contributed by atoms with van der Waals surface area (Å²) in [5.74, 6) is 0.246. The average Bonchev–Trinajstić information content (AvgIpc) is 2.71. The third-order valence-electron chi connectivity index (χ3n) is 6.30. The lowest BCUT2D eigenvalue weighted by atomic mass is 9.73. The van der Waals surface area contributed by atoms with Gasteiger partial charge in [-0.3, -0.25) is 14.6 Å². The topological polar surface area (TPSA) is 62.3 Å². The second-order valence-electron chi connectivity index (χ2n) is 8.24. The predicted octanol–water partition coefficient (Wildman–Crippen LogP) is 3.50. The van der Waals surface area contributed by atoms with Crippen molar-refractivity contribution in [2.75, 3.05) is 19.6 Å². The number of aromatic nitrogens is 1. The third-order valence-corrected chi connectivity index (χ3v) is 6.30. The van der Waals surface area contributed by atoms with Gasteiger partial charge in [-0.2, -0.15) is 0 Å². The summed E-state index contributed by atoms with van der Waals surface area (Å²) in [7, 11) is 0. The molecule has 5 nitrogen and oxygen atoms in total. The second kappa shape index (κ2) is 7.38. The molecule has 2 fully saturated rings. The van der Waals surface area contributed by atoms with Gasteiger partial charge in [0.2, 0.25) is 5.91 Å². The highest BCUT2D eigenvalue weighted by molar-refractivity contribution is 5.95. The van der Waals surface area contributed by atoms with Crippen molar-refractivity contribution in [3.63, 3.8) is 0 Å². The first-order valence-corrected chi connectivity index (χ1v) is 10.1. The molecule has 0 unspecified atom stereocenters. The van der Waals surface area contributed by atoms with Gasteiger partial charge in [0.15, 0.2) is 0 Å². The van der Waals surface area contributed by atoms with Crippen molar-refractivity contribution < 1.29 is 9.59 Å². The van der Waals surface area contributed by atoms with Crippen molar-refractivity contribution in [1.82, 2.24) is 15.2 Å². The number of piperidine rings is 2. The van der Waals surface area contributed by atoms with Gasteiger partial charge in [0.05, 0.1) is 0 Å². The van der Waals surface area contributed by atoms with E-state index in [-0.39, 0.29) is 17.2 Å². The van der Waals surface area contributed by atoms with Crippen LogP contribution in [-0.2, 0) is 4.79 Å². The van der Waals surface area contributed by atoms with Crippen molar-refractivity contribution in [2.45, 2.75) is 39.5 Å². The molecule has 1 aromatic carbocycles. The average molecular weight is 377 g/mol. The molecule has 2 aliphatic heterocycles. The third kappa shape index (κ3) is 3.66. The number of benzene rings is 1. The summed E-state index contributed by atoms with van der Waals surface area (Å²) in [6, 6.07) is 11.9. The van der Waals surface area contributed by atoms with E-state index in [0.29, 0.717) is 6.42 Å². The summed E-state index contributed by atoms with van der Waals surface area (Å²) in [4.78, 5) is 31.0. The summed E-state index contributed by atoms with van der Waals surface area (Å²) in [5.41, 5.74) is 4.97. The van der Waals surface area contributed by atoms with Crippen molar-refractivity contribution in [3.8, 4) is 11.1 Å². The van der Waals surface area contributed by atoms with Crippen LogP contribution in [0.4, 0.5) is 0 Å². The molecule has 146 valence electrons. The normalized spacial score (nSPS) is 18.8. The molecule has 2 aliphatic rings. The maximum Gasteiger partial charge on any atom is 0.253 e. The molecule has 2 saturated heterocycles. The van der Waals surface area contributed by atoms with E-state index in [1.54, 1.807) is 0 Å². The van der Waals surface area contributed by atoms with Crippen LogP contribution in [0.1, 0.15) is 47.4 Å². The Morgan fingerprint density at radius 2 is 1.89 bits per heavy atom. The number of carbonyl (C=O) groups excluding carboxylic acids is 2. The highest BCUT2D eigenvalue weighted by Gasteiger charge is 2.38. The minimum absolute atomic E-state index is 0.0919. The molecule has 4 rings (SSSR count). The maximum absolute atomic E-state index is 13.1. The van der Waals surface area contributed by atoms with Crippen molar-refractivity contribution >= 4 is 11.8 Å². The molecule has 0 radical (unpaired) electrons. The zero-order chi connectivity index (χ0) is 19.7. The van der Waals surface area contributed by atoms with E-state index in [2.05, 4.69) is 16.4 Å². The molecule has 0 saturated carbocycles. The van der Waals surface area contributed by atoms with E-state index in [9.17, 15) is 9.59 Å². The fourth-order valence-electron chi connectivity index (χ4n) is 4.45. The fourth-order valence-corrected chi connectivity index (χ4v) is 4.45. The van der Waals surface area contributed by atoms with Crippen LogP contribution in [0.2, 0.25) is 0 Å². The minimum atomic E-state index is 0.0919. The number of hydrogen-bond donors (Lipinski definition) is 1. The standard InChI is InChI=1S/C23H27N3O2/c1-16-6-7-20(17(2)25-16)18-4-3-5-19(14-18)22(28)26-12-10-23(11-13-26)9-8-21(27)24-15-23/h3-7,14H,8-13,15H2,1-2H3,(H,24,27). The van der Waals surface area contributed by atoms with Gasteiger partial charge in [-0.15, -0.1) is 0 Å². The molecular weight excluding hydrogens is 350 g/mol. The van der Waals surface area contributed by atoms with Crippen LogP contribution in [0.25, 0.3) is 11.1 Å². The highest BCUT2D eigenvalue weighted by atomic mass is 16.2. The Morgan fingerprint density at radius 3 is 2.57 bits per heavy atom. The number of hydrogen-bond acceptors (Lipinski definition) is 3. The van der Waals surface area contributed by atoms with Gasteiger partial charge in [0, 0.05) is 48.6 Å². The first-order chi connectivity index (χ1) is 13.5. The molecule has 1 aromatic heterocycles. The summed E-state index contributed by atoms with van der Waals surface area (Å²) < 4.78 is 0. The van der Waals surface area contributed by atoms with Gasteiger partial charge in [0.1, 0.15) is 0 Å². The van der Waals surface area contributed by atoms with E-state index in [1.165, 1.54) is 0 Å². The Balaban J connectivity index is 1.48. The summed E-state index contributed by atoms with van der Waals surface area (Å²) in [6.45, 7) is 6.25. The van der Waals surface area contributed by atoms with E-state index in [0.717, 1.165) is 67.0 Å². The Morgan fingerprint density at radius 1 is 1.11 bits per heavy atom. The van der Waals surface area contributed by atoms with E-state index < -0.39 is 0 Å². The first kappa shape index (κ1) is 18.7. The number of nitrogens with zero attached hydrogens (tertiary/aromatic N) is 2. The Kier molecular flexibility index (Phi) is 4.92. The molecule has 2 aromatic rings. The van der Waals surface area contributed by atoms with Gasteiger partial charge >= 0.3 is 0 Å². The lowest BCUT2D eigenvalue weighted by Crippen LogP contribution is -2.50. The molecule has 1 spiro atoms. The molecule has 2 amide bonds.